The normalized spacial score (nSPS) is 11.8. The van der Waals surface area contributed by atoms with Gasteiger partial charge in [-0.3, -0.25) is 4.79 Å². The van der Waals surface area contributed by atoms with Crippen LogP contribution in [0.15, 0.2) is 40.3 Å². The molecule has 0 spiro atoms. The number of carbonyl (C=O) groups excluding carboxylic acids is 2. The summed E-state index contributed by atoms with van der Waals surface area (Å²) < 4.78 is 5.12. The van der Waals surface area contributed by atoms with E-state index in [1.165, 1.54) is 11.3 Å². The predicted molar refractivity (Wildman–Crippen MR) is 75.0 cm³/mol. The summed E-state index contributed by atoms with van der Waals surface area (Å²) in [4.78, 5) is 23.8. The molecule has 0 radical (unpaired) electrons. The summed E-state index contributed by atoms with van der Waals surface area (Å²) in [6.45, 7) is 0.319. The van der Waals surface area contributed by atoms with E-state index in [4.69, 9.17) is 10.2 Å². The third kappa shape index (κ3) is 4.13. The average Bonchev–Trinajstić information content (AvgIpc) is 3.08. The molecule has 4 N–H and O–H groups in total. The molecule has 20 heavy (non-hydrogen) atoms. The lowest BCUT2D eigenvalue weighted by Crippen LogP contribution is -2.36. The Morgan fingerprint density at radius 1 is 1.35 bits per heavy atom. The van der Waals surface area contributed by atoms with Gasteiger partial charge >= 0.3 is 6.03 Å². The van der Waals surface area contributed by atoms with Crippen molar-refractivity contribution in [2.75, 3.05) is 0 Å². The number of thiophene rings is 1. The summed E-state index contributed by atoms with van der Waals surface area (Å²) in [6, 6.07) is 6.18. The lowest BCUT2D eigenvalue weighted by Gasteiger charge is -2.15. The molecular formula is C13H15N3O3S. The highest BCUT2D eigenvalue weighted by Crippen LogP contribution is 2.21. The number of rotatable bonds is 6. The minimum atomic E-state index is -0.651. The van der Waals surface area contributed by atoms with E-state index in [2.05, 4.69) is 10.6 Å². The summed E-state index contributed by atoms with van der Waals surface area (Å²) in [5.41, 5.74) is 5.13. The molecule has 7 heteroatoms. The van der Waals surface area contributed by atoms with Crippen LogP contribution in [0.2, 0.25) is 0 Å². The van der Waals surface area contributed by atoms with E-state index in [0.717, 1.165) is 4.88 Å². The molecule has 0 unspecified atom stereocenters. The Morgan fingerprint density at radius 3 is 2.80 bits per heavy atom. The van der Waals surface area contributed by atoms with E-state index in [1.807, 2.05) is 17.5 Å². The molecule has 3 amide bonds. The van der Waals surface area contributed by atoms with Crippen molar-refractivity contribution in [2.24, 2.45) is 5.73 Å². The summed E-state index contributed by atoms with van der Waals surface area (Å²) in [7, 11) is 0. The van der Waals surface area contributed by atoms with Crippen molar-refractivity contribution in [1.82, 2.24) is 10.6 Å². The quantitative estimate of drug-likeness (QED) is 0.757. The molecule has 1 atom stereocenters. The van der Waals surface area contributed by atoms with Crippen molar-refractivity contribution >= 4 is 23.3 Å². The van der Waals surface area contributed by atoms with E-state index in [1.54, 1.807) is 18.4 Å². The van der Waals surface area contributed by atoms with Gasteiger partial charge in [-0.2, -0.15) is 0 Å². The number of nitrogens with one attached hydrogen (secondary N) is 2. The third-order valence-electron chi connectivity index (χ3n) is 2.63. The fourth-order valence-corrected chi connectivity index (χ4v) is 2.52. The molecule has 0 saturated carbocycles. The molecule has 0 saturated heterocycles. The Balaban J connectivity index is 1.90. The van der Waals surface area contributed by atoms with Crippen molar-refractivity contribution in [3.63, 3.8) is 0 Å². The zero-order valence-electron chi connectivity index (χ0n) is 10.7. The van der Waals surface area contributed by atoms with Crippen LogP contribution >= 0.6 is 11.3 Å². The summed E-state index contributed by atoms with van der Waals surface area (Å²) >= 11 is 1.46. The molecule has 0 aliphatic carbocycles. The van der Waals surface area contributed by atoms with Crippen LogP contribution in [0, 0.1) is 0 Å². The molecular weight excluding hydrogens is 278 g/mol. The molecule has 0 aliphatic heterocycles. The standard InChI is InChI=1S/C13H15N3O3S/c14-13(18)16-10(11-4-2-6-20-11)7-12(17)15-8-9-3-1-5-19-9/h1-6,10H,7-8H2,(H,15,17)(H3,14,16,18)/t10-/m1/s1. The Bertz CT molecular complexity index is 551. The summed E-state index contributed by atoms with van der Waals surface area (Å²) in [5, 5.41) is 7.18. The first-order valence-corrected chi connectivity index (χ1v) is 6.91. The first-order valence-electron chi connectivity index (χ1n) is 6.03. The maximum Gasteiger partial charge on any atom is 0.312 e. The van der Waals surface area contributed by atoms with Gasteiger partial charge in [0.1, 0.15) is 5.76 Å². The number of amides is 3. The van der Waals surface area contributed by atoms with Gasteiger partial charge in [0, 0.05) is 4.88 Å². The highest BCUT2D eigenvalue weighted by Gasteiger charge is 2.18. The van der Waals surface area contributed by atoms with Crippen molar-refractivity contribution < 1.29 is 14.0 Å². The number of hydrogen-bond donors (Lipinski definition) is 3. The summed E-state index contributed by atoms with van der Waals surface area (Å²) in [6.07, 6.45) is 1.68. The second-order valence-corrected chi connectivity index (χ2v) is 5.12. The zero-order chi connectivity index (χ0) is 14.4. The van der Waals surface area contributed by atoms with Gasteiger partial charge in [-0.15, -0.1) is 11.3 Å². The molecule has 2 heterocycles. The number of carbonyl (C=O) groups is 2. The first kappa shape index (κ1) is 14.1. The second kappa shape index (κ2) is 6.76. The van der Waals surface area contributed by atoms with Crippen LogP contribution in [0.1, 0.15) is 23.1 Å². The number of urea groups is 1. The molecule has 0 aliphatic rings. The van der Waals surface area contributed by atoms with E-state index in [9.17, 15) is 9.59 Å². The molecule has 0 aromatic carbocycles. The monoisotopic (exact) mass is 293 g/mol. The minimum Gasteiger partial charge on any atom is -0.467 e. The zero-order valence-corrected chi connectivity index (χ0v) is 11.5. The van der Waals surface area contributed by atoms with Crippen molar-refractivity contribution in [2.45, 2.75) is 19.0 Å². The average molecular weight is 293 g/mol. The lowest BCUT2D eigenvalue weighted by molar-refractivity contribution is -0.121. The van der Waals surface area contributed by atoms with Gasteiger partial charge in [-0.05, 0) is 23.6 Å². The molecule has 2 aromatic rings. The molecule has 2 rings (SSSR count). The van der Waals surface area contributed by atoms with Gasteiger partial charge in [0.25, 0.3) is 0 Å². The van der Waals surface area contributed by atoms with Gasteiger partial charge in [0.05, 0.1) is 25.3 Å². The van der Waals surface area contributed by atoms with Crippen LogP contribution < -0.4 is 16.4 Å². The Morgan fingerprint density at radius 2 is 2.20 bits per heavy atom. The SMILES string of the molecule is NC(=O)N[C@H](CC(=O)NCc1ccco1)c1cccs1. The number of nitrogens with two attached hydrogens (primary N) is 1. The van der Waals surface area contributed by atoms with Crippen LogP contribution in [0.3, 0.4) is 0 Å². The van der Waals surface area contributed by atoms with Gasteiger partial charge in [0.15, 0.2) is 0 Å². The van der Waals surface area contributed by atoms with Crippen LogP contribution in [0.25, 0.3) is 0 Å². The Kier molecular flexibility index (Phi) is 4.78. The Labute approximate surface area is 120 Å². The van der Waals surface area contributed by atoms with Crippen molar-refractivity contribution in [1.29, 1.82) is 0 Å². The number of primary amides is 1. The maximum absolute atomic E-state index is 11.9. The largest absolute Gasteiger partial charge is 0.467 e. The Hall–Kier alpha value is -2.28. The second-order valence-electron chi connectivity index (χ2n) is 4.14. The fraction of sp³-hybridized carbons (Fsp3) is 0.231. The molecule has 0 fully saturated rings. The topological polar surface area (TPSA) is 97.4 Å². The number of furan rings is 1. The van der Waals surface area contributed by atoms with Gasteiger partial charge in [0.2, 0.25) is 5.91 Å². The molecule has 106 valence electrons. The van der Waals surface area contributed by atoms with E-state index >= 15 is 0 Å². The first-order chi connectivity index (χ1) is 9.65. The smallest absolute Gasteiger partial charge is 0.312 e. The van der Waals surface area contributed by atoms with Crippen LogP contribution in [-0.4, -0.2) is 11.9 Å². The molecule has 2 aromatic heterocycles. The predicted octanol–water partition coefficient (Wildman–Crippen LogP) is 1.76. The van der Waals surface area contributed by atoms with Crippen LogP contribution in [0.4, 0.5) is 4.79 Å². The molecule has 0 bridgehead atoms. The lowest BCUT2D eigenvalue weighted by atomic mass is 10.1. The van der Waals surface area contributed by atoms with Gasteiger partial charge in [-0.25, -0.2) is 4.79 Å². The van der Waals surface area contributed by atoms with E-state index in [-0.39, 0.29) is 12.3 Å². The van der Waals surface area contributed by atoms with Crippen LogP contribution in [-0.2, 0) is 11.3 Å². The fourth-order valence-electron chi connectivity index (χ4n) is 1.74. The molecule has 6 nitrogen and oxygen atoms in total. The van der Waals surface area contributed by atoms with Crippen molar-refractivity contribution in [3.8, 4) is 0 Å². The summed E-state index contributed by atoms with van der Waals surface area (Å²) in [5.74, 6) is 0.488. The van der Waals surface area contributed by atoms with Gasteiger partial charge < -0.3 is 20.8 Å². The number of hydrogen-bond acceptors (Lipinski definition) is 4. The highest BCUT2D eigenvalue weighted by molar-refractivity contribution is 7.10. The van der Waals surface area contributed by atoms with Crippen LogP contribution in [0.5, 0.6) is 0 Å². The maximum atomic E-state index is 11.9. The van der Waals surface area contributed by atoms with E-state index in [0.29, 0.717) is 12.3 Å². The minimum absolute atomic E-state index is 0.129. The van der Waals surface area contributed by atoms with Crippen molar-refractivity contribution in [3.05, 3.63) is 46.5 Å². The van der Waals surface area contributed by atoms with Gasteiger partial charge in [-0.1, -0.05) is 6.07 Å². The highest BCUT2D eigenvalue weighted by atomic mass is 32.1. The van der Waals surface area contributed by atoms with E-state index < -0.39 is 12.1 Å². The third-order valence-corrected chi connectivity index (χ3v) is 3.62.